The van der Waals surface area contributed by atoms with E-state index in [0.717, 1.165) is 56.4 Å². The normalized spacial score (nSPS) is 24.6. The smallest absolute Gasteiger partial charge is 0.853 e. The molecule has 6 atom stereocenters. The number of carbonyl (C=O) groups excluding carboxylic acids is 3. The van der Waals surface area contributed by atoms with Crippen LogP contribution in [-0.2, 0) is 36.2 Å². The van der Waals surface area contributed by atoms with Crippen molar-refractivity contribution in [3.05, 3.63) is 121 Å². The molecule has 7 rings (SSSR count). The molecule has 53 heavy (non-hydrogen) atoms. The number of carbonyl (C=O) groups is 3. The number of rotatable bonds is 4. The molecular formula is C38H41CuN6O8-4. The Kier molecular flexibility index (Phi) is 13.1. The fourth-order valence-electron chi connectivity index (χ4n) is 5.93. The number of aliphatic hydroxyl groups excluding tert-OH is 3. The Balaban J connectivity index is 0.000000182. The summed E-state index contributed by atoms with van der Waals surface area (Å²) in [6.45, 7) is 10.2. The molecule has 5 N–H and O–H groups in total. The molecule has 1 aromatic rings. The predicted octanol–water partition coefficient (Wildman–Crippen LogP) is 5.64. The summed E-state index contributed by atoms with van der Waals surface area (Å²) >= 11 is 0. The monoisotopic (exact) mass is 772 g/mol. The van der Waals surface area contributed by atoms with Gasteiger partial charge in [0.05, 0.1) is 12.1 Å². The maximum absolute atomic E-state index is 11.4. The van der Waals surface area contributed by atoms with E-state index in [-0.39, 0.29) is 53.1 Å². The molecule has 0 aromatic heterocycles. The van der Waals surface area contributed by atoms with Crippen molar-refractivity contribution in [1.82, 2.24) is 5.32 Å². The van der Waals surface area contributed by atoms with Gasteiger partial charge in [0.2, 0.25) is 17.6 Å². The van der Waals surface area contributed by atoms with Crippen molar-refractivity contribution >= 4 is 47.0 Å². The minimum atomic E-state index is -1.53. The zero-order valence-corrected chi connectivity index (χ0v) is 30.9. The van der Waals surface area contributed by atoms with Crippen molar-refractivity contribution in [3.8, 4) is 0 Å². The number of hydrogen-bond acceptors (Lipinski definition) is 8. The fourth-order valence-corrected chi connectivity index (χ4v) is 5.93. The third-order valence-electron chi connectivity index (χ3n) is 8.36. The molecule has 0 saturated heterocycles. The van der Waals surface area contributed by atoms with Gasteiger partial charge in [0.15, 0.2) is 11.9 Å². The van der Waals surface area contributed by atoms with Crippen molar-refractivity contribution in [1.29, 1.82) is 0 Å². The summed E-state index contributed by atoms with van der Waals surface area (Å²) in [5.74, 6) is -3.00. The van der Waals surface area contributed by atoms with Crippen molar-refractivity contribution in [2.45, 2.75) is 77.9 Å². The summed E-state index contributed by atoms with van der Waals surface area (Å²) in [6, 6.07) is 2.29. The Morgan fingerprint density at radius 1 is 0.925 bits per heavy atom. The number of fused-ring (bicyclic) bond motifs is 5. The van der Waals surface area contributed by atoms with E-state index in [1.54, 1.807) is 0 Å². The van der Waals surface area contributed by atoms with Crippen molar-refractivity contribution in [2.75, 3.05) is 11.9 Å². The van der Waals surface area contributed by atoms with Crippen LogP contribution in [0.25, 0.3) is 33.4 Å². The molecule has 6 aliphatic rings. The van der Waals surface area contributed by atoms with Gasteiger partial charge in [-0.3, -0.25) is 9.59 Å². The summed E-state index contributed by atoms with van der Waals surface area (Å²) in [7, 11) is 0. The maximum atomic E-state index is 11.4. The van der Waals surface area contributed by atoms with Gasteiger partial charge >= 0.3 is 23.0 Å². The Labute approximate surface area is 318 Å². The van der Waals surface area contributed by atoms with Crippen LogP contribution in [0.1, 0.15) is 52.7 Å². The molecule has 14 nitrogen and oxygen atoms in total. The molecule has 286 valence electrons. The molecule has 5 heterocycles. The number of ether oxygens (including phenoxy) is 1. The van der Waals surface area contributed by atoms with Crippen LogP contribution in [0.4, 0.5) is 17.1 Å². The van der Waals surface area contributed by atoms with Crippen LogP contribution in [-0.4, -0.2) is 76.1 Å². The third-order valence-corrected chi connectivity index (χ3v) is 8.36. The molecule has 1 aliphatic carbocycles. The number of nitrogens with zero attached hydrogens (tertiary/aromatic N) is 4. The molecule has 0 saturated carbocycles. The Bertz CT molecular complexity index is 1910. The summed E-state index contributed by atoms with van der Waals surface area (Å²) in [5, 5.41) is 61.2. The molecule has 0 bridgehead atoms. The van der Waals surface area contributed by atoms with Crippen molar-refractivity contribution < 1.29 is 56.6 Å². The summed E-state index contributed by atoms with van der Waals surface area (Å²) in [6.07, 6.45) is 15.4. The molecule has 5 aliphatic heterocycles. The second-order valence-corrected chi connectivity index (χ2v) is 12.8. The van der Waals surface area contributed by atoms with Crippen LogP contribution in [0.15, 0.2) is 88.4 Å². The second-order valence-electron chi connectivity index (χ2n) is 12.8. The minimum absolute atomic E-state index is 0. The molecular weight excluding hydrogens is 732 g/mol. The van der Waals surface area contributed by atoms with E-state index in [4.69, 9.17) is 20.6 Å². The van der Waals surface area contributed by atoms with E-state index in [0.29, 0.717) is 0 Å². The van der Waals surface area contributed by atoms with E-state index in [2.05, 4.69) is 63.4 Å². The first kappa shape index (κ1) is 40.6. The number of amides is 2. The van der Waals surface area contributed by atoms with Gasteiger partial charge in [0.25, 0.3) is 0 Å². The van der Waals surface area contributed by atoms with Gasteiger partial charge < -0.3 is 57.1 Å². The van der Waals surface area contributed by atoms with Gasteiger partial charge in [0.1, 0.15) is 0 Å². The molecule has 2 amide bonds. The standard InChI is InChI=1S/2C16H17N3O.C6H7O6.Cu/c2*1-9-4-6-12-8-14(19-11(3)20)13-7-5-10(2)18-16(13)15(12)17-9;7-1-2(8)5-3(9)4(10)6(11)12-5;/h4-9,14H,1-3H3,(H,19,20);4-10H,1-3H3,(H,19,20);2,5,8-10H,1H2;/q2*-2;-1;+1. The van der Waals surface area contributed by atoms with Crippen molar-refractivity contribution in [2.24, 2.45) is 0 Å². The Morgan fingerprint density at radius 2 is 1.57 bits per heavy atom. The average molecular weight is 773 g/mol. The zero-order chi connectivity index (χ0) is 37.9. The first-order valence-electron chi connectivity index (χ1n) is 16.8. The van der Waals surface area contributed by atoms with Gasteiger partial charge in [-0.15, -0.1) is 47.5 Å². The Hall–Kier alpha value is -5.21. The van der Waals surface area contributed by atoms with Crippen LogP contribution in [0.3, 0.4) is 0 Å². The van der Waals surface area contributed by atoms with Gasteiger partial charge in [0, 0.05) is 19.5 Å². The van der Waals surface area contributed by atoms with Crippen LogP contribution >= 0.6 is 0 Å². The second kappa shape index (κ2) is 17.1. The quantitative estimate of drug-likeness (QED) is 0.190. The topological polar surface area (TPSA) is 225 Å². The summed E-state index contributed by atoms with van der Waals surface area (Å²) in [4.78, 5) is 33.3. The number of nitrogens with one attached hydrogen (secondary N) is 2. The molecule has 15 heteroatoms. The summed E-state index contributed by atoms with van der Waals surface area (Å²) in [5.41, 5.74) is 9.39. The largest absolute Gasteiger partial charge is 1.00 e. The first-order valence-corrected chi connectivity index (χ1v) is 16.8. The van der Waals surface area contributed by atoms with Crippen LogP contribution in [0.2, 0.25) is 0 Å². The van der Waals surface area contributed by atoms with Crippen molar-refractivity contribution in [3.63, 3.8) is 0 Å². The number of cyclic esters (lactones) is 1. The molecule has 0 fully saturated rings. The molecule has 0 radical (unpaired) electrons. The summed E-state index contributed by atoms with van der Waals surface area (Å²) < 4.78 is 4.28. The van der Waals surface area contributed by atoms with Crippen LogP contribution in [0.5, 0.6) is 0 Å². The van der Waals surface area contributed by atoms with E-state index in [1.165, 1.54) is 13.8 Å². The number of aliphatic hydroxyl groups is 3. The number of esters is 1. The number of anilines is 1. The molecule has 0 spiro atoms. The van der Waals surface area contributed by atoms with Gasteiger partial charge in [-0.05, 0) is 28.3 Å². The van der Waals surface area contributed by atoms with Gasteiger partial charge in [-0.2, -0.15) is 5.70 Å². The van der Waals surface area contributed by atoms with E-state index in [9.17, 15) is 19.5 Å². The van der Waals surface area contributed by atoms with E-state index < -0.39 is 36.3 Å². The van der Waals surface area contributed by atoms with Crippen LogP contribution < -0.4 is 15.7 Å². The third kappa shape index (κ3) is 9.24. The SMILES string of the molecule is CC(=O)NC1C=C2C=CC(C)[N-]C2=C2[N-]C(C)=CC=C21.CC(=O)Nc1cc2c(c3c1C=CC(C)[N-]3)[N-]C(C)C=C2.O=C1OC(C(O)C[O-])C(O)=C1O.[Cu+]. The Morgan fingerprint density at radius 3 is 2.19 bits per heavy atom. The van der Waals surface area contributed by atoms with Gasteiger partial charge in [-0.25, -0.2) is 4.79 Å². The predicted molar refractivity (Wildman–Crippen MR) is 197 cm³/mol. The molecule has 6 unspecified atom stereocenters. The van der Waals surface area contributed by atoms with Crippen LogP contribution in [0, 0.1) is 0 Å². The number of allylic oxidation sites excluding steroid dienone is 4. The average Bonchev–Trinajstić information content (AvgIpc) is 3.35. The zero-order valence-electron chi connectivity index (χ0n) is 29.9. The van der Waals surface area contributed by atoms with Gasteiger partial charge in [-0.1, -0.05) is 82.4 Å². The maximum Gasteiger partial charge on any atom is 1.00 e. The van der Waals surface area contributed by atoms with E-state index in [1.807, 2.05) is 56.4 Å². The fraction of sp³-hybridized carbons (Fsp3) is 0.342. The number of benzene rings is 1. The minimum Gasteiger partial charge on any atom is -0.853 e. The molecule has 1 aromatic carbocycles. The first-order chi connectivity index (χ1) is 24.7. The van der Waals surface area contributed by atoms with E-state index >= 15 is 0 Å². The number of hydrogen-bond donors (Lipinski definition) is 5.